The summed E-state index contributed by atoms with van der Waals surface area (Å²) in [5.74, 6) is 0. The minimum Gasteiger partial charge on any atom is -0.375 e. The fraction of sp³-hybridized carbons (Fsp3) is 0.438. The van der Waals surface area contributed by atoms with Crippen molar-refractivity contribution >= 4 is 10.9 Å². The van der Waals surface area contributed by atoms with Crippen LogP contribution in [0, 0.1) is 0 Å². The van der Waals surface area contributed by atoms with Gasteiger partial charge in [0.05, 0.1) is 17.3 Å². The van der Waals surface area contributed by atoms with Gasteiger partial charge in [-0.15, -0.1) is 0 Å². The SMILES string of the molecule is CCCCc1cc2ccccc2nc1C(C)OC. The second-order valence-corrected chi connectivity index (χ2v) is 4.71. The molecule has 18 heavy (non-hydrogen) atoms. The van der Waals surface area contributed by atoms with Crippen molar-refractivity contribution in [2.75, 3.05) is 7.11 Å². The first-order valence-electron chi connectivity index (χ1n) is 6.67. The number of nitrogens with zero attached hydrogens (tertiary/aromatic N) is 1. The number of aromatic nitrogens is 1. The summed E-state index contributed by atoms with van der Waals surface area (Å²) in [6, 6.07) is 10.5. The molecule has 0 bridgehead atoms. The zero-order valence-corrected chi connectivity index (χ0v) is 11.4. The summed E-state index contributed by atoms with van der Waals surface area (Å²) in [4.78, 5) is 4.77. The predicted octanol–water partition coefficient (Wildman–Crippen LogP) is 4.28. The molecule has 0 aliphatic rings. The van der Waals surface area contributed by atoms with E-state index in [9.17, 15) is 0 Å². The first-order valence-corrected chi connectivity index (χ1v) is 6.67. The van der Waals surface area contributed by atoms with E-state index in [1.165, 1.54) is 23.8 Å². The van der Waals surface area contributed by atoms with E-state index in [1.807, 2.05) is 6.07 Å². The zero-order chi connectivity index (χ0) is 13.0. The first-order chi connectivity index (χ1) is 8.76. The number of methoxy groups -OCH3 is 1. The second-order valence-electron chi connectivity index (χ2n) is 4.71. The third-order valence-electron chi connectivity index (χ3n) is 3.37. The van der Waals surface area contributed by atoms with E-state index in [-0.39, 0.29) is 6.10 Å². The third-order valence-corrected chi connectivity index (χ3v) is 3.37. The van der Waals surface area contributed by atoms with Gasteiger partial charge >= 0.3 is 0 Å². The third kappa shape index (κ3) is 2.70. The number of benzene rings is 1. The van der Waals surface area contributed by atoms with Crippen LogP contribution < -0.4 is 0 Å². The average molecular weight is 243 g/mol. The van der Waals surface area contributed by atoms with Gasteiger partial charge in [-0.3, -0.25) is 0 Å². The van der Waals surface area contributed by atoms with Crippen LogP contribution in [0.2, 0.25) is 0 Å². The molecule has 0 amide bonds. The van der Waals surface area contributed by atoms with E-state index in [4.69, 9.17) is 9.72 Å². The standard InChI is InChI=1S/C16H21NO/c1-4-5-8-14-11-13-9-6-7-10-15(13)17-16(14)12(2)18-3/h6-7,9-12H,4-5,8H2,1-3H3. The molecule has 1 aromatic heterocycles. The van der Waals surface area contributed by atoms with Crippen molar-refractivity contribution in [1.29, 1.82) is 0 Å². The van der Waals surface area contributed by atoms with Gasteiger partial charge in [0.15, 0.2) is 0 Å². The molecule has 2 aromatic rings. The van der Waals surface area contributed by atoms with Crippen molar-refractivity contribution in [3.63, 3.8) is 0 Å². The summed E-state index contributed by atoms with van der Waals surface area (Å²) in [5.41, 5.74) is 3.46. The smallest absolute Gasteiger partial charge is 0.0965 e. The van der Waals surface area contributed by atoms with Gasteiger partial charge in [-0.2, -0.15) is 0 Å². The van der Waals surface area contributed by atoms with Crippen LogP contribution in [0.1, 0.15) is 44.1 Å². The van der Waals surface area contributed by atoms with Crippen molar-refractivity contribution in [3.05, 3.63) is 41.6 Å². The fourth-order valence-electron chi connectivity index (χ4n) is 2.21. The Morgan fingerprint density at radius 3 is 2.78 bits per heavy atom. The van der Waals surface area contributed by atoms with Gasteiger partial charge in [0.25, 0.3) is 0 Å². The molecular weight excluding hydrogens is 222 g/mol. The molecule has 1 unspecified atom stereocenters. The minimum atomic E-state index is 0.0569. The van der Waals surface area contributed by atoms with Crippen LogP contribution in [0.3, 0.4) is 0 Å². The number of unbranched alkanes of at least 4 members (excludes halogenated alkanes) is 1. The Balaban J connectivity index is 2.49. The van der Waals surface area contributed by atoms with E-state index in [0.29, 0.717) is 0 Å². The molecule has 2 rings (SSSR count). The summed E-state index contributed by atoms with van der Waals surface area (Å²) in [6.45, 7) is 4.28. The molecule has 0 spiro atoms. The Labute approximate surface area is 109 Å². The van der Waals surface area contributed by atoms with Crippen LogP contribution in [0.4, 0.5) is 0 Å². The molecule has 0 saturated carbocycles. The number of aryl methyl sites for hydroxylation is 1. The monoisotopic (exact) mass is 243 g/mol. The number of para-hydroxylation sites is 1. The van der Waals surface area contributed by atoms with E-state index >= 15 is 0 Å². The Kier molecular flexibility index (Phi) is 4.32. The Morgan fingerprint density at radius 1 is 1.28 bits per heavy atom. The van der Waals surface area contributed by atoms with Crippen LogP contribution in [-0.2, 0) is 11.2 Å². The van der Waals surface area contributed by atoms with Gasteiger partial charge in [0.1, 0.15) is 0 Å². The largest absolute Gasteiger partial charge is 0.375 e. The fourth-order valence-corrected chi connectivity index (χ4v) is 2.21. The number of fused-ring (bicyclic) bond motifs is 1. The molecule has 1 atom stereocenters. The molecule has 2 heteroatoms. The van der Waals surface area contributed by atoms with Gasteiger partial charge in [-0.05, 0) is 37.5 Å². The van der Waals surface area contributed by atoms with Crippen LogP contribution in [0.25, 0.3) is 10.9 Å². The maximum absolute atomic E-state index is 5.44. The van der Waals surface area contributed by atoms with Crippen molar-refractivity contribution in [1.82, 2.24) is 4.98 Å². The highest BCUT2D eigenvalue weighted by molar-refractivity contribution is 5.79. The molecule has 0 saturated heterocycles. The molecule has 2 nitrogen and oxygen atoms in total. The van der Waals surface area contributed by atoms with Crippen molar-refractivity contribution in [2.45, 2.75) is 39.2 Å². The van der Waals surface area contributed by atoms with Gasteiger partial charge in [-0.25, -0.2) is 4.98 Å². The number of pyridine rings is 1. The lowest BCUT2D eigenvalue weighted by atomic mass is 10.0. The summed E-state index contributed by atoms with van der Waals surface area (Å²) in [7, 11) is 1.74. The lowest BCUT2D eigenvalue weighted by Gasteiger charge is -2.15. The van der Waals surface area contributed by atoms with Crippen LogP contribution >= 0.6 is 0 Å². The number of hydrogen-bond donors (Lipinski definition) is 0. The Bertz CT molecular complexity index is 521. The molecule has 0 fully saturated rings. The van der Waals surface area contributed by atoms with Crippen LogP contribution in [0.15, 0.2) is 30.3 Å². The van der Waals surface area contributed by atoms with Gasteiger partial charge in [0.2, 0.25) is 0 Å². The number of hydrogen-bond acceptors (Lipinski definition) is 2. The van der Waals surface area contributed by atoms with Crippen LogP contribution in [0.5, 0.6) is 0 Å². The molecule has 0 N–H and O–H groups in total. The van der Waals surface area contributed by atoms with Gasteiger partial charge in [0, 0.05) is 12.5 Å². The highest BCUT2D eigenvalue weighted by Gasteiger charge is 2.12. The van der Waals surface area contributed by atoms with Crippen molar-refractivity contribution < 1.29 is 4.74 Å². The number of rotatable bonds is 5. The molecule has 96 valence electrons. The normalized spacial score (nSPS) is 12.8. The minimum absolute atomic E-state index is 0.0569. The Morgan fingerprint density at radius 2 is 2.06 bits per heavy atom. The van der Waals surface area contributed by atoms with Crippen molar-refractivity contribution in [3.8, 4) is 0 Å². The predicted molar refractivity (Wildman–Crippen MR) is 75.8 cm³/mol. The van der Waals surface area contributed by atoms with E-state index in [0.717, 1.165) is 17.6 Å². The highest BCUT2D eigenvalue weighted by Crippen LogP contribution is 2.24. The summed E-state index contributed by atoms with van der Waals surface area (Å²) in [6.07, 6.45) is 3.54. The van der Waals surface area contributed by atoms with Gasteiger partial charge in [-0.1, -0.05) is 31.5 Å². The summed E-state index contributed by atoms with van der Waals surface area (Å²) >= 11 is 0. The zero-order valence-electron chi connectivity index (χ0n) is 11.4. The summed E-state index contributed by atoms with van der Waals surface area (Å²) < 4.78 is 5.44. The second kappa shape index (κ2) is 5.96. The van der Waals surface area contributed by atoms with E-state index in [1.54, 1.807) is 7.11 Å². The Hall–Kier alpha value is -1.41. The lowest BCUT2D eigenvalue weighted by Crippen LogP contribution is -2.05. The first kappa shape index (κ1) is 13.0. The topological polar surface area (TPSA) is 22.1 Å². The summed E-state index contributed by atoms with van der Waals surface area (Å²) in [5, 5.41) is 1.22. The quantitative estimate of drug-likeness (QED) is 0.781. The van der Waals surface area contributed by atoms with E-state index < -0.39 is 0 Å². The molecule has 1 aromatic carbocycles. The lowest BCUT2D eigenvalue weighted by molar-refractivity contribution is 0.115. The molecular formula is C16H21NO. The van der Waals surface area contributed by atoms with E-state index in [2.05, 4.69) is 38.1 Å². The molecule has 0 radical (unpaired) electrons. The molecule has 0 aliphatic heterocycles. The van der Waals surface area contributed by atoms with Crippen molar-refractivity contribution in [2.24, 2.45) is 0 Å². The molecule has 1 heterocycles. The highest BCUT2D eigenvalue weighted by atomic mass is 16.5. The maximum atomic E-state index is 5.44. The van der Waals surface area contributed by atoms with Crippen LogP contribution in [-0.4, -0.2) is 12.1 Å². The molecule has 0 aliphatic carbocycles. The average Bonchev–Trinajstić information content (AvgIpc) is 2.43. The van der Waals surface area contributed by atoms with Gasteiger partial charge < -0.3 is 4.74 Å². The number of ether oxygens (including phenoxy) is 1. The maximum Gasteiger partial charge on any atom is 0.0965 e.